The van der Waals surface area contributed by atoms with Crippen LogP contribution in [0.2, 0.25) is 0 Å². The van der Waals surface area contributed by atoms with Crippen LogP contribution in [-0.2, 0) is 13.5 Å². The van der Waals surface area contributed by atoms with Gasteiger partial charge in [0.25, 0.3) is 0 Å². The lowest BCUT2D eigenvalue weighted by atomic mass is 10.1. The van der Waals surface area contributed by atoms with Crippen molar-refractivity contribution in [2.45, 2.75) is 13.3 Å². The highest BCUT2D eigenvalue weighted by Crippen LogP contribution is 2.20. The number of aryl methyl sites for hydroxylation is 1. The first kappa shape index (κ1) is 11.3. The number of hydrogen-bond acceptors (Lipinski definition) is 1. The molecule has 0 spiro atoms. The van der Waals surface area contributed by atoms with Crippen molar-refractivity contribution in [1.82, 2.24) is 9.55 Å². The average molecular weight is 283 g/mol. The third-order valence-electron chi connectivity index (χ3n) is 2.58. The molecule has 0 atom stereocenters. The van der Waals surface area contributed by atoms with E-state index in [4.69, 9.17) is 0 Å². The molecule has 1 aromatic carbocycles. The number of nitrogens with zero attached hydrogens (tertiary/aromatic N) is 2. The molecule has 0 aliphatic heterocycles. The van der Waals surface area contributed by atoms with Crippen LogP contribution < -0.4 is 0 Å². The molecule has 16 heavy (non-hydrogen) atoms. The van der Waals surface area contributed by atoms with E-state index in [1.807, 2.05) is 24.6 Å². The maximum Gasteiger partial charge on any atom is 0.123 e. The van der Waals surface area contributed by atoms with Gasteiger partial charge < -0.3 is 4.57 Å². The van der Waals surface area contributed by atoms with Crippen molar-refractivity contribution in [3.63, 3.8) is 0 Å². The highest BCUT2D eigenvalue weighted by Gasteiger charge is 2.10. The fourth-order valence-electron chi connectivity index (χ4n) is 1.60. The third-order valence-corrected chi connectivity index (χ3v) is 3.57. The highest BCUT2D eigenvalue weighted by molar-refractivity contribution is 9.10. The maximum absolute atomic E-state index is 13.0. The minimum Gasteiger partial charge on any atom is -0.326 e. The zero-order chi connectivity index (χ0) is 11.7. The molecule has 0 radical (unpaired) electrons. The van der Waals surface area contributed by atoms with Gasteiger partial charge in [-0.3, -0.25) is 0 Å². The van der Waals surface area contributed by atoms with Gasteiger partial charge in [0.1, 0.15) is 16.2 Å². The van der Waals surface area contributed by atoms with Crippen LogP contribution in [0.4, 0.5) is 4.39 Å². The number of hydrogen-bond donors (Lipinski definition) is 0. The number of rotatable bonds is 2. The van der Waals surface area contributed by atoms with Crippen molar-refractivity contribution in [3.05, 3.63) is 51.8 Å². The van der Waals surface area contributed by atoms with Crippen molar-refractivity contribution in [2.24, 2.45) is 7.05 Å². The summed E-state index contributed by atoms with van der Waals surface area (Å²) in [5.41, 5.74) is 1.87. The largest absolute Gasteiger partial charge is 0.326 e. The molecule has 0 unspecified atom stereocenters. The van der Waals surface area contributed by atoms with Crippen LogP contribution in [0.5, 0.6) is 0 Å². The third kappa shape index (κ3) is 2.16. The van der Waals surface area contributed by atoms with E-state index in [-0.39, 0.29) is 5.82 Å². The Bertz CT molecular complexity index is 520. The molecule has 1 heterocycles. The van der Waals surface area contributed by atoms with E-state index >= 15 is 0 Å². The van der Waals surface area contributed by atoms with Gasteiger partial charge in [0, 0.05) is 13.5 Å². The molecule has 0 aliphatic rings. The Labute approximate surface area is 102 Å². The lowest BCUT2D eigenvalue weighted by Crippen LogP contribution is -1.92. The predicted molar refractivity (Wildman–Crippen MR) is 64.9 cm³/mol. The van der Waals surface area contributed by atoms with Crippen LogP contribution in [-0.4, -0.2) is 9.55 Å². The van der Waals surface area contributed by atoms with Crippen LogP contribution in [0.15, 0.2) is 28.9 Å². The summed E-state index contributed by atoms with van der Waals surface area (Å²) in [5.74, 6) is 0.736. The molecule has 0 aliphatic carbocycles. The summed E-state index contributed by atoms with van der Waals surface area (Å²) in [6.45, 7) is 1.94. The average Bonchev–Trinajstić information content (AvgIpc) is 2.47. The zero-order valence-corrected chi connectivity index (χ0v) is 10.8. The quantitative estimate of drug-likeness (QED) is 0.827. The van der Waals surface area contributed by atoms with E-state index in [0.29, 0.717) is 6.42 Å². The number of benzene rings is 1. The molecule has 1 aromatic heterocycles. The molecule has 2 nitrogen and oxygen atoms in total. The lowest BCUT2D eigenvalue weighted by Gasteiger charge is -2.00. The van der Waals surface area contributed by atoms with Gasteiger partial charge >= 0.3 is 0 Å². The first-order valence-corrected chi connectivity index (χ1v) is 5.79. The molecule has 2 aromatic rings. The standard InChI is InChI=1S/C12H12BrFN2/c1-8-15-11(12(13)16(8)2)7-9-4-3-5-10(14)6-9/h3-6H,7H2,1-2H3. The summed E-state index contributed by atoms with van der Waals surface area (Å²) in [6.07, 6.45) is 0.639. The molecule has 0 saturated heterocycles. The van der Waals surface area contributed by atoms with E-state index in [1.54, 1.807) is 6.07 Å². The minimum atomic E-state index is -0.207. The summed E-state index contributed by atoms with van der Waals surface area (Å²) in [5, 5.41) is 0. The fraction of sp³-hybridized carbons (Fsp3) is 0.250. The Kier molecular flexibility index (Phi) is 3.10. The molecule has 0 N–H and O–H groups in total. The molecule has 0 fully saturated rings. The van der Waals surface area contributed by atoms with Crippen molar-refractivity contribution < 1.29 is 4.39 Å². The Hall–Kier alpha value is -1.16. The van der Waals surface area contributed by atoms with E-state index < -0.39 is 0 Å². The highest BCUT2D eigenvalue weighted by atomic mass is 79.9. The Morgan fingerprint density at radius 3 is 2.75 bits per heavy atom. The van der Waals surface area contributed by atoms with Gasteiger partial charge in [-0.25, -0.2) is 9.37 Å². The first-order chi connectivity index (χ1) is 7.58. The van der Waals surface area contributed by atoms with Crippen molar-refractivity contribution in [1.29, 1.82) is 0 Å². The molecule has 84 valence electrons. The Balaban J connectivity index is 2.30. The monoisotopic (exact) mass is 282 g/mol. The number of imidazole rings is 1. The molecule has 4 heteroatoms. The van der Waals surface area contributed by atoms with E-state index in [9.17, 15) is 4.39 Å². The second-order valence-electron chi connectivity index (χ2n) is 3.76. The van der Waals surface area contributed by atoms with Gasteiger partial charge in [0.05, 0.1) is 5.69 Å². The normalized spacial score (nSPS) is 10.8. The van der Waals surface area contributed by atoms with Gasteiger partial charge in [0.15, 0.2) is 0 Å². The summed E-state index contributed by atoms with van der Waals surface area (Å²) in [6, 6.07) is 6.60. The molecular formula is C12H12BrFN2. The topological polar surface area (TPSA) is 17.8 Å². The SMILES string of the molecule is Cc1nc(Cc2cccc(F)c2)c(Br)n1C. The van der Waals surface area contributed by atoms with Gasteiger partial charge in [-0.1, -0.05) is 12.1 Å². The lowest BCUT2D eigenvalue weighted by molar-refractivity contribution is 0.626. The van der Waals surface area contributed by atoms with Gasteiger partial charge in [0.2, 0.25) is 0 Å². The Morgan fingerprint density at radius 1 is 1.44 bits per heavy atom. The molecule has 2 rings (SSSR count). The predicted octanol–water partition coefficient (Wildman–Crippen LogP) is 3.22. The van der Waals surface area contributed by atoms with Crippen LogP contribution in [0.25, 0.3) is 0 Å². The van der Waals surface area contributed by atoms with Crippen LogP contribution in [0.3, 0.4) is 0 Å². The molecular weight excluding hydrogens is 271 g/mol. The molecule has 0 amide bonds. The minimum absolute atomic E-state index is 0.207. The van der Waals surface area contributed by atoms with Crippen LogP contribution >= 0.6 is 15.9 Å². The van der Waals surface area contributed by atoms with Gasteiger partial charge in [-0.2, -0.15) is 0 Å². The molecule has 0 saturated carbocycles. The smallest absolute Gasteiger partial charge is 0.123 e. The van der Waals surface area contributed by atoms with Crippen molar-refractivity contribution in [2.75, 3.05) is 0 Å². The second kappa shape index (κ2) is 4.37. The fourth-order valence-corrected chi connectivity index (χ4v) is 2.09. The zero-order valence-electron chi connectivity index (χ0n) is 9.17. The summed E-state index contributed by atoms with van der Waals surface area (Å²) in [7, 11) is 1.95. The molecule has 0 bridgehead atoms. The van der Waals surface area contributed by atoms with Crippen LogP contribution in [0.1, 0.15) is 17.1 Å². The second-order valence-corrected chi connectivity index (χ2v) is 4.51. The van der Waals surface area contributed by atoms with E-state index in [0.717, 1.165) is 21.7 Å². The summed E-state index contributed by atoms with van der Waals surface area (Å²) >= 11 is 3.48. The Morgan fingerprint density at radius 2 is 2.19 bits per heavy atom. The first-order valence-electron chi connectivity index (χ1n) is 5.00. The van der Waals surface area contributed by atoms with E-state index in [2.05, 4.69) is 20.9 Å². The van der Waals surface area contributed by atoms with Crippen molar-refractivity contribution in [3.8, 4) is 0 Å². The van der Waals surface area contributed by atoms with Crippen LogP contribution in [0, 0.1) is 12.7 Å². The summed E-state index contributed by atoms with van der Waals surface area (Å²) in [4.78, 5) is 4.43. The number of halogens is 2. The van der Waals surface area contributed by atoms with E-state index in [1.165, 1.54) is 12.1 Å². The van der Waals surface area contributed by atoms with Gasteiger partial charge in [-0.05, 0) is 40.5 Å². The van der Waals surface area contributed by atoms with Crippen molar-refractivity contribution >= 4 is 15.9 Å². The maximum atomic E-state index is 13.0. The summed E-state index contributed by atoms with van der Waals surface area (Å²) < 4.78 is 15.9. The van der Waals surface area contributed by atoms with Gasteiger partial charge in [-0.15, -0.1) is 0 Å². The number of aromatic nitrogens is 2.